The predicted octanol–water partition coefficient (Wildman–Crippen LogP) is 2.66. The molecule has 2 N–H and O–H groups in total. The molecule has 6 heteroatoms. The SMILES string of the molecule is Cc1cccc(OC[C@H](NC(=O)OC(C)(C)C)C(=O)O)c1C. The summed E-state index contributed by atoms with van der Waals surface area (Å²) in [6.07, 6.45) is -0.788. The molecule has 1 aromatic carbocycles. The second-order valence-electron chi connectivity index (χ2n) is 6.05. The molecule has 1 rings (SSSR count). The highest BCUT2D eigenvalue weighted by atomic mass is 16.6. The summed E-state index contributed by atoms with van der Waals surface area (Å²) in [4.78, 5) is 22.9. The first-order chi connectivity index (χ1) is 10.1. The Morgan fingerprint density at radius 1 is 1.27 bits per heavy atom. The van der Waals surface area contributed by atoms with Gasteiger partial charge in [0.25, 0.3) is 0 Å². The Morgan fingerprint density at radius 3 is 2.45 bits per heavy atom. The van der Waals surface area contributed by atoms with Crippen LogP contribution in [0.25, 0.3) is 0 Å². The van der Waals surface area contributed by atoms with E-state index in [4.69, 9.17) is 9.47 Å². The van der Waals surface area contributed by atoms with Crippen molar-refractivity contribution in [1.82, 2.24) is 5.32 Å². The van der Waals surface area contributed by atoms with Crippen LogP contribution in [0.3, 0.4) is 0 Å². The lowest BCUT2D eigenvalue weighted by Gasteiger charge is -2.22. The van der Waals surface area contributed by atoms with Crippen molar-refractivity contribution in [2.45, 2.75) is 46.3 Å². The van der Waals surface area contributed by atoms with Gasteiger partial charge in [-0.15, -0.1) is 0 Å². The molecule has 0 unspecified atom stereocenters. The quantitative estimate of drug-likeness (QED) is 0.873. The Balaban J connectivity index is 2.67. The van der Waals surface area contributed by atoms with Crippen LogP contribution in [0.1, 0.15) is 31.9 Å². The average molecular weight is 309 g/mol. The van der Waals surface area contributed by atoms with Gasteiger partial charge < -0.3 is 19.9 Å². The molecule has 6 nitrogen and oxygen atoms in total. The molecule has 0 radical (unpaired) electrons. The van der Waals surface area contributed by atoms with E-state index in [2.05, 4.69) is 5.32 Å². The average Bonchev–Trinajstić information content (AvgIpc) is 2.36. The Kier molecular flexibility index (Phi) is 5.79. The summed E-state index contributed by atoms with van der Waals surface area (Å²) in [7, 11) is 0. The molecule has 0 aliphatic rings. The molecule has 1 atom stereocenters. The van der Waals surface area contributed by atoms with Gasteiger partial charge in [0.15, 0.2) is 6.04 Å². The van der Waals surface area contributed by atoms with Gasteiger partial charge in [0.2, 0.25) is 0 Å². The van der Waals surface area contributed by atoms with E-state index < -0.39 is 23.7 Å². The first kappa shape index (κ1) is 17.8. The number of alkyl carbamates (subject to hydrolysis) is 1. The van der Waals surface area contributed by atoms with Gasteiger partial charge in [0.05, 0.1) is 0 Å². The number of hydrogen-bond acceptors (Lipinski definition) is 4. The van der Waals surface area contributed by atoms with Crippen molar-refractivity contribution < 1.29 is 24.2 Å². The first-order valence-electron chi connectivity index (χ1n) is 7.01. The lowest BCUT2D eigenvalue weighted by molar-refractivity contribution is -0.140. The highest BCUT2D eigenvalue weighted by molar-refractivity contribution is 5.80. The highest BCUT2D eigenvalue weighted by Gasteiger charge is 2.24. The smallest absolute Gasteiger partial charge is 0.408 e. The third kappa shape index (κ3) is 5.63. The van der Waals surface area contributed by atoms with Gasteiger partial charge in [-0.3, -0.25) is 0 Å². The van der Waals surface area contributed by atoms with Crippen LogP contribution in [0.4, 0.5) is 4.79 Å². The topological polar surface area (TPSA) is 84.9 Å². The predicted molar refractivity (Wildman–Crippen MR) is 82.2 cm³/mol. The van der Waals surface area contributed by atoms with Crippen LogP contribution >= 0.6 is 0 Å². The van der Waals surface area contributed by atoms with Crippen LogP contribution in [-0.2, 0) is 9.53 Å². The number of nitrogens with one attached hydrogen (secondary N) is 1. The summed E-state index contributed by atoms with van der Waals surface area (Å²) in [6, 6.07) is 4.34. The highest BCUT2D eigenvalue weighted by Crippen LogP contribution is 2.20. The molecule has 0 saturated carbocycles. The van der Waals surface area contributed by atoms with Crippen molar-refractivity contribution in [3.8, 4) is 5.75 Å². The van der Waals surface area contributed by atoms with E-state index in [-0.39, 0.29) is 6.61 Å². The number of hydrogen-bond donors (Lipinski definition) is 2. The largest absolute Gasteiger partial charge is 0.491 e. The number of rotatable bonds is 5. The summed E-state index contributed by atoms with van der Waals surface area (Å²) in [6.45, 7) is 8.76. The van der Waals surface area contributed by atoms with E-state index in [1.807, 2.05) is 26.0 Å². The lowest BCUT2D eigenvalue weighted by Crippen LogP contribution is -2.46. The Hall–Kier alpha value is -2.24. The number of benzene rings is 1. The zero-order valence-electron chi connectivity index (χ0n) is 13.6. The number of aryl methyl sites for hydroxylation is 1. The summed E-state index contributed by atoms with van der Waals surface area (Å²) in [5, 5.41) is 11.5. The number of ether oxygens (including phenoxy) is 2. The van der Waals surface area contributed by atoms with Gasteiger partial charge in [-0.25, -0.2) is 9.59 Å². The fourth-order valence-electron chi connectivity index (χ4n) is 1.68. The molecule has 0 spiro atoms. The molecule has 0 aliphatic carbocycles. The standard InChI is InChI=1S/C16H23NO5/c1-10-7-6-8-13(11(10)2)21-9-12(14(18)19)17-15(20)22-16(3,4)5/h6-8,12H,9H2,1-5H3,(H,17,20)(H,18,19)/t12-/m0/s1. The molecule has 0 fully saturated rings. The fourth-order valence-corrected chi connectivity index (χ4v) is 1.68. The van der Waals surface area contributed by atoms with Gasteiger partial charge in [-0.05, 0) is 51.8 Å². The monoisotopic (exact) mass is 309 g/mol. The summed E-state index contributed by atoms with van der Waals surface area (Å²) < 4.78 is 10.6. The molecule has 0 saturated heterocycles. The maximum Gasteiger partial charge on any atom is 0.408 e. The minimum absolute atomic E-state index is 0.182. The van der Waals surface area contributed by atoms with Crippen LogP contribution in [0.5, 0.6) is 5.75 Å². The number of amides is 1. The maximum atomic E-state index is 11.7. The van der Waals surface area contributed by atoms with Crippen molar-refractivity contribution in [3.63, 3.8) is 0 Å². The van der Waals surface area contributed by atoms with Crippen molar-refractivity contribution in [2.24, 2.45) is 0 Å². The summed E-state index contributed by atoms with van der Waals surface area (Å²) >= 11 is 0. The van der Waals surface area contributed by atoms with Crippen molar-refractivity contribution in [1.29, 1.82) is 0 Å². The van der Waals surface area contributed by atoms with E-state index in [1.54, 1.807) is 26.8 Å². The van der Waals surface area contributed by atoms with Crippen LogP contribution in [-0.4, -0.2) is 35.4 Å². The number of carboxylic acid groups (broad SMARTS) is 1. The van der Waals surface area contributed by atoms with E-state index >= 15 is 0 Å². The molecule has 0 aliphatic heterocycles. The molecular weight excluding hydrogens is 286 g/mol. The van der Waals surface area contributed by atoms with Gasteiger partial charge in [0, 0.05) is 0 Å². The molecule has 122 valence electrons. The number of carbonyl (C=O) groups excluding carboxylic acids is 1. The van der Waals surface area contributed by atoms with Gasteiger partial charge in [0.1, 0.15) is 18.0 Å². The van der Waals surface area contributed by atoms with Crippen LogP contribution in [0, 0.1) is 13.8 Å². The van der Waals surface area contributed by atoms with Crippen LogP contribution in [0.2, 0.25) is 0 Å². The molecule has 0 heterocycles. The van der Waals surface area contributed by atoms with E-state index in [9.17, 15) is 14.7 Å². The zero-order valence-corrected chi connectivity index (χ0v) is 13.6. The number of aliphatic carboxylic acids is 1. The molecule has 1 amide bonds. The van der Waals surface area contributed by atoms with Gasteiger partial charge in [-0.1, -0.05) is 12.1 Å². The van der Waals surface area contributed by atoms with Gasteiger partial charge in [-0.2, -0.15) is 0 Å². The maximum absolute atomic E-state index is 11.7. The van der Waals surface area contributed by atoms with Crippen molar-refractivity contribution in [2.75, 3.05) is 6.61 Å². The van der Waals surface area contributed by atoms with E-state index in [1.165, 1.54) is 0 Å². The zero-order chi connectivity index (χ0) is 16.9. The lowest BCUT2D eigenvalue weighted by atomic mass is 10.1. The number of carbonyl (C=O) groups is 2. The van der Waals surface area contributed by atoms with Crippen molar-refractivity contribution >= 4 is 12.1 Å². The Labute approximate surface area is 130 Å². The Morgan fingerprint density at radius 2 is 1.91 bits per heavy atom. The van der Waals surface area contributed by atoms with Crippen LogP contribution in [0.15, 0.2) is 18.2 Å². The third-order valence-electron chi connectivity index (χ3n) is 2.95. The molecule has 1 aromatic rings. The second-order valence-corrected chi connectivity index (χ2v) is 6.05. The van der Waals surface area contributed by atoms with E-state index in [0.717, 1.165) is 11.1 Å². The van der Waals surface area contributed by atoms with Gasteiger partial charge >= 0.3 is 12.1 Å². The minimum atomic E-state index is -1.19. The number of carboxylic acids is 1. The molecular formula is C16H23NO5. The van der Waals surface area contributed by atoms with Crippen LogP contribution < -0.4 is 10.1 Å². The fraction of sp³-hybridized carbons (Fsp3) is 0.500. The Bertz CT molecular complexity index is 548. The molecule has 0 bridgehead atoms. The summed E-state index contributed by atoms with van der Waals surface area (Å²) in [5.74, 6) is -0.589. The minimum Gasteiger partial charge on any atom is -0.491 e. The van der Waals surface area contributed by atoms with E-state index in [0.29, 0.717) is 5.75 Å². The summed E-state index contributed by atoms with van der Waals surface area (Å²) in [5.41, 5.74) is 1.29. The second kappa shape index (κ2) is 7.15. The molecule has 22 heavy (non-hydrogen) atoms. The molecule has 0 aromatic heterocycles. The normalized spacial score (nSPS) is 12.4. The van der Waals surface area contributed by atoms with Crippen molar-refractivity contribution in [3.05, 3.63) is 29.3 Å². The first-order valence-corrected chi connectivity index (χ1v) is 7.01. The third-order valence-corrected chi connectivity index (χ3v) is 2.95.